The van der Waals surface area contributed by atoms with Gasteiger partial charge in [-0.1, -0.05) is 12.1 Å². The van der Waals surface area contributed by atoms with Crippen LogP contribution in [-0.4, -0.2) is 20.9 Å². The molecule has 2 aromatic rings. The molecule has 21 heavy (non-hydrogen) atoms. The Balaban J connectivity index is 2.26. The van der Waals surface area contributed by atoms with E-state index in [1.807, 2.05) is 0 Å². The van der Waals surface area contributed by atoms with Crippen molar-refractivity contribution in [1.29, 1.82) is 0 Å². The molecule has 0 fully saturated rings. The molecular weight excluding hydrogens is 287 g/mol. The highest BCUT2D eigenvalue weighted by molar-refractivity contribution is 5.88. The Morgan fingerprint density at radius 1 is 1.38 bits per heavy atom. The minimum Gasteiger partial charge on any atom is -0.478 e. The Bertz CT molecular complexity index is 665. The van der Waals surface area contributed by atoms with Gasteiger partial charge in [-0.15, -0.1) is 0 Å². The van der Waals surface area contributed by atoms with Gasteiger partial charge in [-0.3, -0.25) is 4.68 Å². The quantitative estimate of drug-likeness (QED) is 0.911. The Kier molecular flexibility index (Phi) is 3.88. The lowest BCUT2D eigenvalue weighted by atomic mass is 10.1. The summed E-state index contributed by atoms with van der Waals surface area (Å²) in [6.07, 6.45) is -3.32. The van der Waals surface area contributed by atoms with Crippen molar-refractivity contribution in [2.24, 2.45) is 7.05 Å². The van der Waals surface area contributed by atoms with Crippen LogP contribution in [0.3, 0.4) is 0 Å². The molecule has 0 aliphatic carbocycles. The van der Waals surface area contributed by atoms with Crippen molar-refractivity contribution in [2.45, 2.75) is 12.7 Å². The normalized spacial score (nSPS) is 11.4. The average Bonchev–Trinajstić information content (AvgIpc) is 2.77. The van der Waals surface area contributed by atoms with Crippen molar-refractivity contribution in [3.8, 4) is 0 Å². The molecule has 0 aliphatic heterocycles. The van der Waals surface area contributed by atoms with Gasteiger partial charge in [0.25, 0.3) is 0 Å². The topological polar surface area (TPSA) is 67.2 Å². The first-order valence-corrected chi connectivity index (χ1v) is 5.95. The zero-order chi connectivity index (χ0) is 15.6. The van der Waals surface area contributed by atoms with E-state index in [0.29, 0.717) is 5.69 Å². The maximum atomic E-state index is 12.8. The molecule has 0 saturated heterocycles. The molecule has 0 atom stereocenters. The van der Waals surface area contributed by atoms with E-state index in [2.05, 4.69) is 10.4 Å². The maximum Gasteiger partial charge on any atom is 0.418 e. The minimum absolute atomic E-state index is 0.0468. The van der Waals surface area contributed by atoms with Crippen LogP contribution in [0.4, 0.5) is 18.9 Å². The summed E-state index contributed by atoms with van der Waals surface area (Å²) in [6.45, 7) is -0.0781. The van der Waals surface area contributed by atoms with Gasteiger partial charge in [0.05, 0.1) is 24.0 Å². The Labute approximate surface area is 118 Å². The van der Waals surface area contributed by atoms with Crippen LogP contribution in [0.25, 0.3) is 0 Å². The molecule has 1 heterocycles. The number of benzene rings is 1. The highest BCUT2D eigenvalue weighted by Gasteiger charge is 2.33. The summed E-state index contributed by atoms with van der Waals surface area (Å²) >= 11 is 0. The number of carbonyl (C=O) groups is 1. The number of hydrogen-bond acceptors (Lipinski definition) is 3. The second-order valence-corrected chi connectivity index (χ2v) is 4.33. The third-order valence-corrected chi connectivity index (χ3v) is 2.97. The van der Waals surface area contributed by atoms with E-state index in [-0.39, 0.29) is 17.8 Å². The van der Waals surface area contributed by atoms with Crippen molar-refractivity contribution in [3.63, 3.8) is 0 Å². The lowest BCUT2D eigenvalue weighted by Gasteiger charge is -2.14. The number of alkyl halides is 3. The van der Waals surface area contributed by atoms with Crippen molar-refractivity contribution in [1.82, 2.24) is 9.78 Å². The molecule has 0 radical (unpaired) electrons. The third kappa shape index (κ3) is 3.15. The second-order valence-electron chi connectivity index (χ2n) is 4.33. The summed E-state index contributed by atoms with van der Waals surface area (Å²) in [6, 6.07) is 5.02. The van der Waals surface area contributed by atoms with Gasteiger partial charge in [0, 0.05) is 12.7 Å². The number of hydrogen-bond donors (Lipinski definition) is 2. The number of carboxylic acid groups (broad SMARTS) is 1. The standard InChI is InChI=1S/C13H12F3N3O2/c1-19-11(8(6-18-19)12(20)21)7-17-10-5-3-2-4-9(10)13(14,15)16/h2-6,17H,7H2,1H3,(H,20,21). The Morgan fingerprint density at radius 3 is 2.67 bits per heavy atom. The van der Waals surface area contributed by atoms with Gasteiger partial charge in [-0.05, 0) is 12.1 Å². The van der Waals surface area contributed by atoms with Gasteiger partial charge < -0.3 is 10.4 Å². The lowest BCUT2D eigenvalue weighted by molar-refractivity contribution is -0.137. The van der Waals surface area contributed by atoms with Crippen molar-refractivity contribution >= 4 is 11.7 Å². The van der Waals surface area contributed by atoms with Gasteiger partial charge in [0.2, 0.25) is 0 Å². The van der Waals surface area contributed by atoms with Crippen LogP contribution in [0, 0.1) is 0 Å². The number of nitrogens with zero attached hydrogens (tertiary/aromatic N) is 2. The largest absolute Gasteiger partial charge is 0.478 e. The van der Waals surface area contributed by atoms with Crippen LogP contribution in [0.15, 0.2) is 30.5 Å². The molecule has 5 nitrogen and oxygen atoms in total. The van der Waals surface area contributed by atoms with E-state index in [0.717, 1.165) is 12.3 Å². The zero-order valence-corrected chi connectivity index (χ0v) is 11.0. The number of rotatable bonds is 4. The first kappa shape index (κ1) is 14.9. The van der Waals surface area contributed by atoms with Crippen molar-refractivity contribution in [2.75, 3.05) is 5.32 Å². The number of para-hydroxylation sites is 1. The molecule has 0 spiro atoms. The summed E-state index contributed by atoms with van der Waals surface area (Å²) in [5, 5.41) is 15.4. The molecule has 0 saturated carbocycles. The summed E-state index contributed by atoms with van der Waals surface area (Å²) in [4.78, 5) is 11.0. The highest BCUT2D eigenvalue weighted by atomic mass is 19.4. The Morgan fingerprint density at radius 2 is 2.05 bits per heavy atom. The molecule has 112 valence electrons. The monoisotopic (exact) mass is 299 g/mol. The molecular formula is C13H12F3N3O2. The fourth-order valence-corrected chi connectivity index (χ4v) is 1.91. The number of aromatic carboxylic acids is 1. The zero-order valence-electron chi connectivity index (χ0n) is 11.0. The van der Waals surface area contributed by atoms with Gasteiger partial charge in [-0.2, -0.15) is 18.3 Å². The SMILES string of the molecule is Cn1ncc(C(=O)O)c1CNc1ccccc1C(F)(F)F. The highest BCUT2D eigenvalue weighted by Crippen LogP contribution is 2.34. The smallest absolute Gasteiger partial charge is 0.418 e. The van der Waals surface area contributed by atoms with Crippen LogP contribution in [0.2, 0.25) is 0 Å². The predicted molar refractivity (Wildman–Crippen MR) is 68.9 cm³/mol. The summed E-state index contributed by atoms with van der Waals surface area (Å²) in [7, 11) is 1.53. The van der Waals surface area contributed by atoms with E-state index in [9.17, 15) is 18.0 Å². The van der Waals surface area contributed by atoms with E-state index in [1.165, 1.54) is 29.9 Å². The van der Waals surface area contributed by atoms with Crippen molar-refractivity contribution < 1.29 is 23.1 Å². The Hall–Kier alpha value is -2.51. The number of carboxylic acids is 1. The third-order valence-electron chi connectivity index (χ3n) is 2.97. The van der Waals surface area contributed by atoms with Crippen molar-refractivity contribution in [3.05, 3.63) is 47.3 Å². The fourth-order valence-electron chi connectivity index (χ4n) is 1.91. The van der Waals surface area contributed by atoms with Crippen LogP contribution >= 0.6 is 0 Å². The summed E-state index contributed by atoms with van der Waals surface area (Å²) < 4.78 is 39.9. The molecule has 0 aliphatic rings. The average molecular weight is 299 g/mol. The van der Waals surface area contributed by atoms with E-state index in [1.54, 1.807) is 0 Å². The van der Waals surface area contributed by atoms with E-state index < -0.39 is 17.7 Å². The van der Waals surface area contributed by atoms with Crippen LogP contribution in [0.5, 0.6) is 0 Å². The van der Waals surface area contributed by atoms with Gasteiger partial charge >= 0.3 is 12.1 Å². The van der Waals surface area contributed by atoms with Gasteiger partial charge in [0.1, 0.15) is 5.56 Å². The van der Waals surface area contributed by atoms with Crippen LogP contribution < -0.4 is 5.32 Å². The van der Waals surface area contributed by atoms with E-state index in [4.69, 9.17) is 5.11 Å². The first-order chi connectivity index (χ1) is 9.80. The molecule has 0 unspecified atom stereocenters. The minimum atomic E-state index is -4.48. The van der Waals surface area contributed by atoms with Gasteiger partial charge in [0.15, 0.2) is 0 Å². The lowest BCUT2D eigenvalue weighted by Crippen LogP contribution is -2.14. The molecule has 1 aromatic heterocycles. The molecule has 2 rings (SSSR count). The summed E-state index contributed by atoms with van der Waals surface area (Å²) in [5.41, 5.74) is -0.666. The first-order valence-electron chi connectivity index (χ1n) is 5.95. The molecule has 0 bridgehead atoms. The van der Waals surface area contributed by atoms with E-state index >= 15 is 0 Å². The molecule has 2 N–H and O–H groups in total. The maximum absolute atomic E-state index is 12.8. The van der Waals surface area contributed by atoms with Gasteiger partial charge in [-0.25, -0.2) is 4.79 Å². The number of nitrogens with one attached hydrogen (secondary N) is 1. The summed E-state index contributed by atoms with van der Waals surface area (Å²) in [5.74, 6) is -1.18. The molecule has 0 amide bonds. The number of anilines is 1. The van der Waals surface area contributed by atoms with Crippen LogP contribution in [0.1, 0.15) is 21.6 Å². The molecule has 1 aromatic carbocycles. The number of aromatic nitrogens is 2. The fraction of sp³-hybridized carbons (Fsp3) is 0.231. The molecule has 8 heteroatoms. The second kappa shape index (κ2) is 5.47. The van der Waals surface area contributed by atoms with Crippen LogP contribution in [-0.2, 0) is 19.8 Å². The predicted octanol–water partition coefficient (Wildman–Crippen LogP) is 2.75. The number of aryl methyl sites for hydroxylation is 1. The number of halogens is 3.